The van der Waals surface area contributed by atoms with Crippen molar-refractivity contribution in [2.75, 3.05) is 0 Å². The summed E-state index contributed by atoms with van der Waals surface area (Å²) >= 11 is 0. The molecule has 15 heavy (non-hydrogen) atoms. The van der Waals surface area contributed by atoms with Gasteiger partial charge >= 0.3 is 5.97 Å². The van der Waals surface area contributed by atoms with Crippen molar-refractivity contribution < 1.29 is 19.0 Å². The van der Waals surface area contributed by atoms with Gasteiger partial charge in [0, 0.05) is 0 Å². The topological polar surface area (TPSA) is 46.5 Å². The van der Waals surface area contributed by atoms with Gasteiger partial charge in [0.25, 0.3) is 0 Å². The van der Waals surface area contributed by atoms with Crippen LogP contribution in [0.1, 0.15) is 17.3 Å². The number of rotatable bonds is 3. The fourth-order valence-corrected chi connectivity index (χ4v) is 0.997. The highest BCUT2D eigenvalue weighted by molar-refractivity contribution is 5.90. The Kier molecular flexibility index (Phi) is 3.29. The Bertz CT molecular complexity index is 420. The van der Waals surface area contributed by atoms with Gasteiger partial charge in [-0.15, -0.1) is 6.42 Å². The number of halogens is 1. The predicted molar refractivity (Wildman–Crippen MR) is 52.3 cm³/mol. The van der Waals surface area contributed by atoms with E-state index in [2.05, 4.69) is 5.92 Å². The maximum atomic E-state index is 12.8. The predicted octanol–water partition coefficient (Wildman–Crippen LogP) is 1.92. The van der Waals surface area contributed by atoms with Gasteiger partial charge in [-0.1, -0.05) is 5.92 Å². The summed E-state index contributed by atoms with van der Waals surface area (Å²) in [5.41, 5.74) is -0.239. The molecule has 1 rings (SSSR count). The first-order valence-electron chi connectivity index (χ1n) is 4.20. The molecule has 0 aromatic heterocycles. The number of terminal acetylenes is 1. The Morgan fingerprint density at radius 3 is 2.87 bits per heavy atom. The number of aromatic carboxylic acids is 1. The largest absolute Gasteiger partial charge is 0.478 e. The molecule has 1 aromatic rings. The fraction of sp³-hybridized carbons (Fsp3) is 0.182. The molecule has 0 bridgehead atoms. The first-order valence-corrected chi connectivity index (χ1v) is 4.20. The van der Waals surface area contributed by atoms with Crippen LogP contribution in [0.2, 0.25) is 0 Å². The van der Waals surface area contributed by atoms with Gasteiger partial charge in [-0.3, -0.25) is 0 Å². The van der Waals surface area contributed by atoms with Crippen LogP contribution >= 0.6 is 0 Å². The normalized spacial score (nSPS) is 11.5. The van der Waals surface area contributed by atoms with Crippen LogP contribution in [0.5, 0.6) is 5.75 Å². The smallest absolute Gasteiger partial charge is 0.339 e. The van der Waals surface area contributed by atoms with Crippen molar-refractivity contribution >= 4 is 5.97 Å². The minimum absolute atomic E-state index is 0.0642. The van der Waals surface area contributed by atoms with Crippen LogP contribution in [0.15, 0.2) is 18.2 Å². The summed E-state index contributed by atoms with van der Waals surface area (Å²) in [5, 5.41) is 8.78. The molecule has 0 heterocycles. The second-order valence-electron chi connectivity index (χ2n) is 2.87. The highest BCUT2D eigenvalue weighted by atomic mass is 19.1. The van der Waals surface area contributed by atoms with E-state index in [1.165, 1.54) is 6.07 Å². The monoisotopic (exact) mass is 208 g/mol. The van der Waals surface area contributed by atoms with E-state index in [9.17, 15) is 9.18 Å². The molecule has 0 radical (unpaired) electrons. The average Bonchev–Trinajstić information content (AvgIpc) is 2.20. The van der Waals surface area contributed by atoms with E-state index in [4.69, 9.17) is 16.3 Å². The lowest BCUT2D eigenvalue weighted by atomic mass is 10.2. The minimum Gasteiger partial charge on any atom is -0.478 e. The van der Waals surface area contributed by atoms with E-state index in [0.717, 1.165) is 12.1 Å². The van der Waals surface area contributed by atoms with E-state index < -0.39 is 17.9 Å². The van der Waals surface area contributed by atoms with Crippen LogP contribution in [0.3, 0.4) is 0 Å². The standard InChI is InChI=1S/C11H9FO3/c1-3-7(2)15-10-5-4-8(12)6-9(10)11(13)14/h1,4-7H,2H3,(H,13,14). The molecular formula is C11H9FO3. The van der Waals surface area contributed by atoms with E-state index >= 15 is 0 Å². The quantitative estimate of drug-likeness (QED) is 0.772. The van der Waals surface area contributed by atoms with Crippen molar-refractivity contribution in [3.63, 3.8) is 0 Å². The van der Waals surface area contributed by atoms with Crippen molar-refractivity contribution in [3.8, 4) is 18.1 Å². The zero-order valence-electron chi connectivity index (χ0n) is 8.03. The maximum Gasteiger partial charge on any atom is 0.339 e. The lowest BCUT2D eigenvalue weighted by Crippen LogP contribution is -2.11. The van der Waals surface area contributed by atoms with Crippen molar-refractivity contribution in [1.82, 2.24) is 0 Å². The van der Waals surface area contributed by atoms with Gasteiger partial charge in [0.1, 0.15) is 17.1 Å². The Morgan fingerprint density at radius 1 is 1.67 bits per heavy atom. The molecule has 1 aromatic carbocycles. The molecule has 1 N–H and O–H groups in total. The van der Waals surface area contributed by atoms with Crippen LogP contribution < -0.4 is 4.74 Å². The third kappa shape index (κ3) is 2.71. The summed E-state index contributed by atoms with van der Waals surface area (Å²) < 4.78 is 17.9. The van der Waals surface area contributed by atoms with Crippen LogP contribution in [-0.2, 0) is 0 Å². The first-order chi connectivity index (χ1) is 7.04. The lowest BCUT2D eigenvalue weighted by Gasteiger charge is -2.11. The van der Waals surface area contributed by atoms with Gasteiger partial charge in [0.15, 0.2) is 6.10 Å². The summed E-state index contributed by atoms with van der Waals surface area (Å²) in [6, 6.07) is 3.25. The average molecular weight is 208 g/mol. The van der Waals surface area contributed by atoms with Gasteiger partial charge in [-0.05, 0) is 25.1 Å². The second kappa shape index (κ2) is 4.47. The van der Waals surface area contributed by atoms with Crippen LogP contribution in [-0.4, -0.2) is 17.2 Å². The Balaban J connectivity index is 3.07. The summed E-state index contributed by atoms with van der Waals surface area (Å²) in [6.07, 6.45) is 4.52. The summed E-state index contributed by atoms with van der Waals surface area (Å²) in [4.78, 5) is 10.7. The van der Waals surface area contributed by atoms with E-state index in [1.807, 2.05) is 0 Å². The SMILES string of the molecule is C#CC(C)Oc1ccc(F)cc1C(=O)O. The maximum absolute atomic E-state index is 12.8. The Morgan fingerprint density at radius 2 is 2.33 bits per heavy atom. The molecule has 1 atom stereocenters. The van der Waals surface area contributed by atoms with Crippen LogP contribution in [0.25, 0.3) is 0 Å². The van der Waals surface area contributed by atoms with Crippen molar-refractivity contribution in [3.05, 3.63) is 29.6 Å². The van der Waals surface area contributed by atoms with Crippen LogP contribution in [0.4, 0.5) is 4.39 Å². The summed E-state index contributed by atoms with van der Waals surface area (Å²) in [5.74, 6) is 0.462. The molecular weight excluding hydrogens is 199 g/mol. The van der Waals surface area contributed by atoms with Gasteiger partial charge in [0.2, 0.25) is 0 Å². The minimum atomic E-state index is -1.26. The number of ether oxygens (including phenoxy) is 1. The lowest BCUT2D eigenvalue weighted by molar-refractivity contribution is 0.0691. The molecule has 3 nitrogen and oxygen atoms in total. The zero-order valence-corrected chi connectivity index (χ0v) is 8.03. The van der Waals surface area contributed by atoms with E-state index in [1.54, 1.807) is 6.92 Å². The van der Waals surface area contributed by atoms with E-state index in [0.29, 0.717) is 0 Å². The van der Waals surface area contributed by atoms with Gasteiger partial charge in [-0.2, -0.15) is 0 Å². The van der Waals surface area contributed by atoms with Crippen molar-refractivity contribution in [2.45, 2.75) is 13.0 Å². The Hall–Kier alpha value is -2.02. The zero-order chi connectivity index (χ0) is 11.4. The molecule has 0 aliphatic rings. The number of hydrogen-bond donors (Lipinski definition) is 1. The van der Waals surface area contributed by atoms with E-state index in [-0.39, 0.29) is 11.3 Å². The van der Waals surface area contributed by atoms with Gasteiger partial charge in [-0.25, -0.2) is 9.18 Å². The molecule has 0 aliphatic carbocycles. The third-order valence-electron chi connectivity index (χ3n) is 1.71. The first kappa shape index (κ1) is 11.1. The van der Waals surface area contributed by atoms with Gasteiger partial charge in [0.05, 0.1) is 0 Å². The van der Waals surface area contributed by atoms with Crippen molar-refractivity contribution in [1.29, 1.82) is 0 Å². The molecule has 4 heteroatoms. The number of carbonyl (C=O) groups is 1. The Labute approximate surface area is 86.5 Å². The number of carboxylic acid groups (broad SMARTS) is 1. The molecule has 0 aliphatic heterocycles. The highest BCUT2D eigenvalue weighted by Crippen LogP contribution is 2.20. The molecule has 1 unspecified atom stereocenters. The summed E-state index contributed by atoms with van der Waals surface area (Å²) in [7, 11) is 0. The molecule has 78 valence electrons. The third-order valence-corrected chi connectivity index (χ3v) is 1.71. The molecule has 0 spiro atoms. The molecule has 0 amide bonds. The van der Waals surface area contributed by atoms with Crippen LogP contribution in [0, 0.1) is 18.2 Å². The fourth-order valence-electron chi connectivity index (χ4n) is 0.997. The molecule has 0 saturated heterocycles. The summed E-state index contributed by atoms with van der Waals surface area (Å²) in [6.45, 7) is 1.59. The highest BCUT2D eigenvalue weighted by Gasteiger charge is 2.13. The number of hydrogen-bond acceptors (Lipinski definition) is 2. The van der Waals surface area contributed by atoms with Gasteiger partial charge < -0.3 is 9.84 Å². The molecule has 0 saturated carbocycles. The number of benzene rings is 1. The number of carboxylic acids is 1. The molecule has 0 fully saturated rings. The van der Waals surface area contributed by atoms with Crippen molar-refractivity contribution in [2.24, 2.45) is 0 Å². The second-order valence-corrected chi connectivity index (χ2v) is 2.87.